The van der Waals surface area contributed by atoms with E-state index in [1.54, 1.807) is 11.3 Å². The van der Waals surface area contributed by atoms with E-state index in [-0.39, 0.29) is 24.9 Å². The second-order valence-corrected chi connectivity index (χ2v) is 6.63. The molecule has 6 heteroatoms. The minimum absolute atomic E-state index is 0.0843. The molecule has 3 heterocycles. The first-order valence-electron chi connectivity index (χ1n) is 7.55. The SMILES string of the molecule is O=C(CNCC(=O)N1CCc2sccc2C1)N1CCCC1. The van der Waals surface area contributed by atoms with Crippen molar-refractivity contribution in [2.75, 3.05) is 32.7 Å². The molecular weight excluding hydrogens is 286 g/mol. The van der Waals surface area contributed by atoms with Gasteiger partial charge in [-0.2, -0.15) is 0 Å². The first-order chi connectivity index (χ1) is 10.2. The maximum Gasteiger partial charge on any atom is 0.236 e. The lowest BCUT2D eigenvalue weighted by Gasteiger charge is -2.27. The van der Waals surface area contributed by atoms with Crippen LogP contribution in [0.1, 0.15) is 23.3 Å². The molecule has 1 N–H and O–H groups in total. The Morgan fingerprint density at radius 1 is 1.10 bits per heavy atom. The number of hydrogen-bond acceptors (Lipinski definition) is 4. The number of hydrogen-bond donors (Lipinski definition) is 1. The van der Waals surface area contributed by atoms with Gasteiger partial charge in [-0.3, -0.25) is 14.9 Å². The summed E-state index contributed by atoms with van der Waals surface area (Å²) < 4.78 is 0. The Bertz CT molecular complexity index is 523. The van der Waals surface area contributed by atoms with Gasteiger partial charge in [-0.15, -0.1) is 11.3 Å². The smallest absolute Gasteiger partial charge is 0.236 e. The Hall–Kier alpha value is -1.40. The van der Waals surface area contributed by atoms with Crippen molar-refractivity contribution >= 4 is 23.2 Å². The third-order valence-corrected chi connectivity index (χ3v) is 5.19. The van der Waals surface area contributed by atoms with Gasteiger partial charge < -0.3 is 9.80 Å². The molecule has 0 bridgehead atoms. The lowest BCUT2D eigenvalue weighted by atomic mass is 10.1. The maximum atomic E-state index is 12.2. The molecule has 2 aliphatic heterocycles. The zero-order valence-electron chi connectivity index (χ0n) is 12.1. The highest BCUT2D eigenvalue weighted by atomic mass is 32.1. The van der Waals surface area contributed by atoms with Crippen molar-refractivity contribution in [2.45, 2.75) is 25.8 Å². The number of fused-ring (bicyclic) bond motifs is 1. The molecule has 3 rings (SSSR count). The van der Waals surface area contributed by atoms with Crippen LogP contribution in [-0.4, -0.2) is 54.3 Å². The maximum absolute atomic E-state index is 12.2. The van der Waals surface area contributed by atoms with Gasteiger partial charge in [0.1, 0.15) is 0 Å². The molecule has 0 saturated carbocycles. The Morgan fingerprint density at radius 3 is 2.57 bits per heavy atom. The quantitative estimate of drug-likeness (QED) is 0.897. The number of carbonyl (C=O) groups excluding carboxylic acids is 2. The lowest BCUT2D eigenvalue weighted by molar-refractivity contribution is -0.131. The summed E-state index contributed by atoms with van der Waals surface area (Å²) >= 11 is 1.77. The molecule has 1 aromatic heterocycles. The van der Waals surface area contributed by atoms with Crippen molar-refractivity contribution in [3.05, 3.63) is 21.9 Å². The number of nitrogens with one attached hydrogen (secondary N) is 1. The molecule has 0 unspecified atom stereocenters. The van der Waals surface area contributed by atoms with Crippen molar-refractivity contribution in [3.63, 3.8) is 0 Å². The minimum atomic E-state index is 0.0843. The van der Waals surface area contributed by atoms with E-state index >= 15 is 0 Å². The van der Waals surface area contributed by atoms with Gasteiger partial charge >= 0.3 is 0 Å². The summed E-state index contributed by atoms with van der Waals surface area (Å²) in [7, 11) is 0. The Kier molecular flexibility index (Phi) is 4.55. The number of carbonyl (C=O) groups is 2. The molecule has 1 aromatic rings. The summed E-state index contributed by atoms with van der Waals surface area (Å²) in [6, 6.07) is 2.10. The van der Waals surface area contributed by atoms with E-state index in [4.69, 9.17) is 0 Å². The van der Waals surface area contributed by atoms with E-state index in [9.17, 15) is 9.59 Å². The molecule has 21 heavy (non-hydrogen) atoms. The molecule has 0 radical (unpaired) electrons. The minimum Gasteiger partial charge on any atom is -0.342 e. The molecule has 5 nitrogen and oxygen atoms in total. The fourth-order valence-electron chi connectivity index (χ4n) is 2.93. The first-order valence-corrected chi connectivity index (χ1v) is 8.43. The van der Waals surface area contributed by atoms with Crippen molar-refractivity contribution in [3.8, 4) is 0 Å². The summed E-state index contributed by atoms with van der Waals surface area (Å²) in [5.41, 5.74) is 1.27. The van der Waals surface area contributed by atoms with Gasteiger partial charge in [0, 0.05) is 31.1 Å². The van der Waals surface area contributed by atoms with Gasteiger partial charge in [-0.1, -0.05) is 0 Å². The highest BCUT2D eigenvalue weighted by molar-refractivity contribution is 7.10. The monoisotopic (exact) mass is 307 g/mol. The van der Waals surface area contributed by atoms with Crippen molar-refractivity contribution in [1.29, 1.82) is 0 Å². The van der Waals surface area contributed by atoms with Gasteiger partial charge in [-0.05, 0) is 36.3 Å². The molecular formula is C15H21N3O2S. The molecule has 0 spiro atoms. The summed E-state index contributed by atoms with van der Waals surface area (Å²) in [5, 5.41) is 5.09. The molecule has 1 saturated heterocycles. The van der Waals surface area contributed by atoms with Crippen molar-refractivity contribution in [1.82, 2.24) is 15.1 Å². The fraction of sp³-hybridized carbons (Fsp3) is 0.600. The van der Waals surface area contributed by atoms with Crippen LogP contribution in [-0.2, 0) is 22.6 Å². The second kappa shape index (κ2) is 6.58. The average molecular weight is 307 g/mol. The van der Waals surface area contributed by atoms with E-state index in [2.05, 4.69) is 16.8 Å². The zero-order valence-corrected chi connectivity index (χ0v) is 13.0. The van der Waals surface area contributed by atoms with Crippen LogP contribution in [0.15, 0.2) is 11.4 Å². The summed E-state index contributed by atoms with van der Waals surface area (Å²) in [5.74, 6) is 0.195. The summed E-state index contributed by atoms with van der Waals surface area (Å²) in [6.45, 7) is 3.74. The van der Waals surface area contributed by atoms with E-state index in [1.165, 1.54) is 10.4 Å². The number of likely N-dealkylation sites (tertiary alicyclic amines) is 1. The normalized spacial score (nSPS) is 17.9. The van der Waals surface area contributed by atoms with Crippen LogP contribution < -0.4 is 5.32 Å². The van der Waals surface area contributed by atoms with Crippen LogP contribution in [0.3, 0.4) is 0 Å². The van der Waals surface area contributed by atoms with Crippen molar-refractivity contribution < 1.29 is 9.59 Å². The predicted molar refractivity (Wildman–Crippen MR) is 82.1 cm³/mol. The standard InChI is InChI=1S/C15H21N3O2S/c19-14(17-5-1-2-6-17)9-16-10-15(20)18-7-3-13-12(11-18)4-8-21-13/h4,8,16H,1-3,5-7,9-11H2. The van der Waals surface area contributed by atoms with E-state index in [0.29, 0.717) is 6.54 Å². The van der Waals surface area contributed by atoms with Gasteiger partial charge in [0.15, 0.2) is 0 Å². The van der Waals surface area contributed by atoms with Crippen molar-refractivity contribution in [2.24, 2.45) is 0 Å². The predicted octanol–water partition coefficient (Wildman–Crippen LogP) is 0.845. The fourth-order valence-corrected chi connectivity index (χ4v) is 3.82. The van der Waals surface area contributed by atoms with Crippen LogP contribution in [0.4, 0.5) is 0 Å². The van der Waals surface area contributed by atoms with E-state index < -0.39 is 0 Å². The molecule has 114 valence electrons. The molecule has 2 amide bonds. The highest BCUT2D eigenvalue weighted by Crippen LogP contribution is 2.23. The Balaban J connectivity index is 1.41. The first kappa shape index (κ1) is 14.5. The lowest BCUT2D eigenvalue weighted by Crippen LogP contribution is -2.43. The number of nitrogens with zero attached hydrogens (tertiary/aromatic N) is 2. The van der Waals surface area contributed by atoms with Crippen LogP contribution in [0.5, 0.6) is 0 Å². The third-order valence-electron chi connectivity index (χ3n) is 4.17. The van der Waals surface area contributed by atoms with Crippen LogP contribution in [0, 0.1) is 0 Å². The van der Waals surface area contributed by atoms with Crippen LogP contribution in [0.2, 0.25) is 0 Å². The number of thiophene rings is 1. The van der Waals surface area contributed by atoms with E-state index in [1.807, 2.05) is 9.80 Å². The highest BCUT2D eigenvalue weighted by Gasteiger charge is 2.22. The Morgan fingerprint density at radius 2 is 1.81 bits per heavy atom. The van der Waals surface area contributed by atoms with Gasteiger partial charge in [0.25, 0.3) is 0 Å². The van der Waals surface area contributed by atoms with Gasteiger partial charge in [0.05, 0.1) is 13.1 Å². The Labute approximate surface area is 128 Å². The van der Waals surface area contributed by atoms with Crippen LogP contribution >= 0.6 is 11.3 Å². The van der Waals surface area contributed by atoms with E-state index in [0.717, 1.165) is 38.9 Å². The van der Waals surface area contributed by atoms with Gasteiger partial charge in [-0.25, -0.2) is 0 Å². The molecule has 0 aromatic carbocycles. The zero-order chi connectivity index (χ0) is 14.7. The third kappa shape index (κ3) is 3.44. The molecule has 0 aliphatic carbocycles. The molecule has 2 aliphatic rings. The topological polar surface area (TPSA) is 52.7 Å². The number of amides is 2. The average Bonchev–Trinajstić information content (AvgIpc) is 3.17. The molecule has 0 atom stereocenters. The summed E-state index contributed by atoms with van der Waals surface area (Å²) in [6.07, 6.45) is 3.15. The summed E-state index contributed by atoms with van der Waals surface area (Å²) in [4.78, 5) is 29.2. The number of rotatable bonds is 4. The second-order valence-electron chi connectivity index (χ2n) is 5.63. The van der Waals surface area contributed by atoms with Crippen LogP contribution in [0.25, 0.3) is 0 Å². The molecule has 1 fully saturated rings. The van der Waals surface area contributed by atoms with Gasteiger partial charge in [0.2, 0.25) is 11.8 Å². The largest absolute Gasteiger partial charge is 0.342 e.